The van der Waals surface area contributed by atoms with Crippen molar-refractivity contribution in [2.45, 2.75) is 194 Å². The predicted molar refractivity (Wildman–Crippen MR) is 196 cm³/mol. The highest BCUT2D eigenvalue weighted by Crippen LogP contribution is 2.23. The Balaban J connectivity index is 3.76. The molecular formula is C41H79NO2. The van der Waals surface area contributed by atoms with Crippen LogP contribution < -0.4 is 0 Å². The van der Waals surface area contributed by atoms with E-state index in [9.17, 15) is 4.79 Å². The smallest absolute Gasteiger partial charge is 0.308 e. The van der Waals surface area contributed by atoms with E-state index in [1.807, 2.05) is 0 Å². The van der Waals surface area contributed by atoms with Crippen LogP contribution in [0.2, 0.25) is 0 Å². The highest BCUT2D eigenvalue weighted by Gasteiger charge is 2.16. The van der Waals surface area contributed by atoms with E-state index in [4.69, 9.17) is 4.74 Å². The van der Waals surface area contributed by atoms with E-state index in [0.29, 0.717) is 6.61 Å². The molecule has 44 heavy (non-hydrogen) atoms. The van der Waals surface area contributed by atoms with Crippen LogP contribution in [0, 0.1) is 11.8 Å². The Morgan fingerprint density at radius 1 is 0.568 bits per heavy atom. The number of carbonyl (C=O) groups excluding carboxylic acids is 1. The lowest BCUT2D eigenvalue weighted by atomic mass is 9.91. The fourth-order valence-corrected chi connectivity index (χ4v) is 6.12. The number of unbranched alkanes of at least 4 members (excludes halogenated alkanes) is 17. The van der Waals surface area contributed by atoms with Crippen molar-refractivity contribution >= 4 is 5.97 Å². The fraction of sp³-hybridized carbons (Fsp3) is 0.878. The van der Waals surface area contributed by atoms with Gasteiger partial charge in [0.1, 0.15) is 0 Å². The first kappa shape index (κ1) is 42.9. The maximum atomic E-state index is 12.2. The zero-order valence-corrected chi connectivity index (χ0v) is 30.7. The first-order valence-electron chi connectivity index (χ1n) is 19.7. The summed E-state index contributed by atoms with van der Waals surface area (Å²) in [4.78, 5) is 14.6. The molecule has 3 nitrogen and oxygen atoms in total. The van der Waals surface area contributed by atoms with Crippen LogP contribution in [0.4, 0.5) is 0 Å². The number of ether oxygens (including phenoxy) is 1. The Kier molecular flexibility index (Phi) is 33.9. The number of rotatable bonds is 34. The summed E-state index contributed by atoms with van der Waals surface area (Å²) in [6.07, 6.45) is 44.3. The quantitative estimate of drug-likeness (QED) is 0.0409. The third-order valence-electron chi connectivity index (χ3n) is 9.28. The van der Waals surface area contributed by atoms with Gasteiger partial charge in [-0.3, -0.25) is 4.79 Å². The molecule has 1 unspecified atom stereocenters. The van der Waals surface area contributed by atoms with E-state index in [-0.39, 0.29) is 11.9 Å². The van der Waals surface area contributed by atoms with Gasteiger partial charge in [0.25, 0.3) is 0 Å². The van der Waals surface area contributed by atoms with Crippen LogP contribution in [0.15, 0.2) is 24.3 Å². The summed E-state index contributed by atoms with van der Waals surface area (Å²) < 4.78 is 5.55. The number of allylic oxidation sites excluding steroid dienone is 4. The summed E-state index contributed by atoms with van der Waals surface area (Å²) in [5, 5.41) is 0. The molecule has 0 bridgehead atoms. The molecule has 0 radical (unpaired) electrons. The molecule has 0 N–H and O–H groups in total. The Bertz CT molecular complexity index is 641. The number of esters is 1. The highest BCUT2D eigenvalue weighted by molar-refractivity contribution is 5.72. The molecule has 0 rings (SSSR count). The van der Waals surface area contributed by atoms with E-state index in [1.54, 1.807) is 0 Å². The van der Waals surface area contributed by atoms with Crippen molar-refractivity contribution in [3.8, 4) is 0 Å². The molecule has 0 aliphatic heterocycles. The molecule has 0 saturated heterocycles. The van der Waals surface area contributed by atoms with Gasteiger partial charge in [-0.2, -0.15) is 0 Å². The van der Waals surface area contributed by atoms with Gasteiger partial charge in [0.05, 0.1) is 12.5 Å². The van der Waals surface area contributed by atoms with Crippen LogP contribution in [0.1, 0.15) is 194 Å². The topological polar surface area (TPSA) is 29.5 Å². The summed E-state index contributed by atoms with van der Waals surface area (Å²) >= 11 is 0. The maximum Gasteiger partial charge on any atom is 0.308 e. The van der Waals surface area contributed by atoms with Gasteiger partial charge in [-0.25, -0.2) is 0 Å². The zero-order valence-electron chi connectivity index (χ0n) is 30.7. The van der Waals surface area contributed by atoms with Gasteiger partial charge in [-0.15, -0.1) is 0 Å². The van der Waals surface area contributed by atoms with E-state index in [0.717, 1.165) is 44.4 Å². The third kappa shape index (κ3) is 30.9. The summed E-state index contributed by atoms with van der Waals surface area (Å²) in [6, 6.07) is 0. The summed E-state index contributed by atoms with van der Waals surface area (Å²) in [7, 11) is 4.43. The van der Waals surface area contributed by atoms with Gasteiger partial charge in [-0.1, -0.05) is 161 Å². The van der Waals surface area contributed by atoms with Gasteiger partial charge in [0.15, 0.2) is 0 Å². The van der Waals surface area contributed by atoms with Crippen molar-refractivity contribution in [3.05, 3.63) is 24.3 Å². The molecule has 0 heterocycles. The van der Waals surface area contributed by atoms with E-state index < -0.39 is 0 Å². The minimum absolute atomic E-state index is 0.0378. The highest BCUT2D eigenvalue weighted by atomic mass is 16.5. The molecule has 0 fully saturated rings. The second-order valence-corrected chi connectivity index (χ2v) is 13.9. The first-order valence-corrected chi connectivity index (χ1v) is 19.7. The van der Waals surface area contributed by atoms with E-state index in [2.05, 4.69) is 64.1 Å². The Hall–Kier alpha value is -1.09. The average Bonchev–Trinajstić information content (AvgIpc) is 3.02. The Morgan fingerprint density at radius 3 is 1.59 bits per heavy atom. The van der Waals surface area contributed by atoms with Crippen LogP contribution in [0.5, 0.6) is 0 Å². The zero-order chi connectivity index (χ0) is 32.4. The normalized spacial score (nSPS) is 13.4. The van der Waals surface area contributed by atoms with Crippen LogP contribution in [0.3, 0.4) is 0 Å². The standard InChI is InChI=1S/C41H79NO2/c1-6-9-11-12-13-14-15-16-17-18-19-20-21-22-24-27-30-33-39(36-37-42(4)5)34-31-28-25-23-26-29-32-38-44-41(43)40(8-3)35-10-7-2/h13-14,16-17,39-40H,6-12,15,18-38H2,1-5H3/b14-13-,17-16-/t39-,40?/m1/s1. The van der Waals surface area contributed by atoms with Crippen molar-refractivity contribution in [1.82, 2.24) is 4.90 Å². The lowest BCUT2D eigenvalue weighted by molar-refractivity contribution is -0.149. The molecule has 0 aromatic rings. The Labute approximate surface area is 277 Å². The number of carbonyl (C=O) groups is 1. The number of hydrogen-bond donors (Lipinski definition) is 0. The number of nitrogens with zero attached hydrogens (tertiary/aromatic N) is 1. The van der Waals surface area contributed by atoms with E-state index in [1.165, 1.54) is 141 Å². The van der Waals surface area contributed by atoms with Gasteiger partial charge in [0, 0.05) is 0 Å². The lowest BCUT2D eigenvalue weighted by Crippen LogP contribution is -2.17. The van der Waals surface area contributed by atoms with Gasteiger partial charge in [-0.05, 0) is 84.3 Å². The molecule has 2 atom stereocenters. The van der Waals surface area contributed by atoms with Crippen molar-refractivity contribution in [1.29, 1.82) is 0 Å². The molecule has 0 aliphatic rings. The summed E-state index contributed by atoms with van der Waals surface area (Å²) in [5.74, 6) is 1.06. The molecule has 3 heteroatoms. The van der Waals surface area contributed by atoms with Crippen molar-refractivity contribution in [2.75, 3.05) is 27.2 Å². The van der Waals surface area contributed by atoms with E-state index >= 15 is 0 Å². The maximum absolute atomic E-state index is 12.2. The van der Waals surface area contributed by atoms with Crippen LogP contribution in [0.25, 0.3) is 0 Å². The van der Waals surface area contributed by atoms with Crippen LogP contribution >= 0.6 is 0 Å². The van der Waals surface area contributed by atoms with Crippen molar-refractivity contribution < 1.29 is 9.53 Å². The third-order valence-corrected chi connectivity index (χ3v) is 9.28. The monoisotopic (exact) mass is 618 g/mol. The van der Waals surface area contributed by atoms with Crippen molar-refractivity contribution in [3.63, 3.8) is 0 Å². The minimum Gasteiger partial charge on any atom is -0.465 e. The van der Waals surface area contributed by atoms with Crippen molar-refractivity contribution in [2.24, 2.45) is 11.8 Å². The summed E-state index contributed by atoms with van der Waals surface area (Å²) in [6.45, 7) is 8.40. The second-order valence-electron chi connectivity index (χ2n) is 13.9. The SMILES string of the molecule is CCCCC/C=C\C/C=C\CCCCCCCCC[C@H](CCCCCCCCCOC(=O)C(CC)CCCC)CCN(C)C. The molecule has 0 saturated carbocycles. The fourth-order valence-electron chi connectivity index (χ4n) is 6.12. The average molecular weight is 618 g/mol. The van der Waals surface area contributed by atoms with Gasteiger partial charge in [0.2, 0.25) is 0 Å². The first-order chi connectivity index (χ1) is 21.5. The summed E-state index contributed by atoms with van der Waals surface area (Å²) in [5.41, 5.74) is 0. The lowest BCUT2D eigenvalue weighted by Gasteiger charge is -2.19. The van der Waals surface area contributed by atoms with Crippen LogP contribution in [-0.4, -0.2) is 38.1 Å². The molecule has 0 amide bonds. The predicted octanol–water partition coefficient (Wildman–Crippen LogP) is 13.0. The minimum atomic E-state index is 0.0378. The molecule has 0 aromatic carbocycles. The van der Waals surface area contributed by atoms with Crippen LogP contribution in [-0.2, 0) is 9.53 Å². The largest absolute Gasteiger partial charge is 0.465 e. The molecule has 0 aromatic heterocycles. The second kappa shape index (κ2) is 34.8. The Morgan fingerprint density at radius 2 is 1.07 bits per heavy atom. The molecular weight excluding hydrogens is 538 g/mol. The van der Waals surface area contributed by atoms with Gasteiger partial charge < -0.3 is 9.64 Å². The molecule has 260 valence electrons. The molecule has 0 spiro atoms. The molecule has 0 aliphatic carbocycles. The van der Waals surface area contributed by atoms with Gasteiger partial charge >= 0.3 is 5.97 Å². The number of hydrogen-bond acceptors (Lipinski definition) is 3.